The van der Waals surface area contributed by atoms with E-state index in [-0.39, 0.29) is 39.6 Å². The molecule has 5 heterocycles. The Hall–Kier alpha value is -10.1. The number of ether oxygens (including phenoxy) is 15. The maximum absolute atomic E-state index is 14.7. The molecule has 630 valence electrons. The molecule has 4 saturated heterocycles. The Morgan fingerprint density at radius 2 is 0.645 bits per heavy atom. The highest BCUT2D eigenvalue weighted by atomic mass is 28.4. The summed E-state index contributed by atoms with van der Waals surface area (Å²) in [6, 6.07) is 97.1. The first kappa shape index (κ1) is 85.9. The van der Waals surface area contributed by atoms with Crippen molar-refractivity contribution < 1.29 is 94.3 Å². The van der Waals surface area contributed by atoms with E-state index in [4.69, 9.17) is 79.9 Å². The predicted octanol–water partition coefficient (Wildman–Crippen LogP) is 15.1. The summed E-state index contributed by atoms with van der Waals surface area (Å²) in [6.45, 7) is 16.6. The van der Waals surface area contributed by atoms with Gasteiger partial charge >= 0.3 is 18.1 Å². The Balaban J connectivity index is 0.874. The van der Waals surface area contributed by atoms with Gasteiger partial charge in [0.15, 0.2) is 49.4 Å². The number of benzene rings is 10. The molecule has 0 amide bonds. The zero-order valence-corrected chi connectivity index (χ0v) is 71.3. The van der Waals surface area contributed by atoms with Gasteiger partial charge in [-0.05, 0) is 97.3 Å². The smallest absolute Gasteiger partial charge is 0.493 e. The van der Waals surface area contributed by atoms with Crippen LogP contribution in [0.3, 0.4) is 0 Å². The first-order valence-corrected chi connectivity index (χ1v) is 45.4. The molecule has 0 unspecified atom stereocenters. The minimum atomic E-state index is -3.45. The van der Waals surface area contributed by atoms with Gasteiger partial charge < -0.3 is 79.9 Å². The monoisotopic (exact) mass is 1670 g/mol. The van der Waals surface area contributed by atoms with Crippen molar-refractivity contribution in [3.05, 3.63) is 349 Å². The molecule has 0 radical (unpaired) electrons. The van der Waals surface area contributed by atoms with E-state index in [1.54, 1.807) is 67.8 Å². The Labute approximate surface area is 710 Å². The van der Waals surface area contributed by atoms with Gasteiger partial charge in [0.25, 0.3) is 16.6 Å². The van der Waals surface area contributed by atoms with Gasteiger partial charge in [-0.25, -0.2) is 14.4 Å². The van der Waals surface area contributed by atoms with Gasteiger partial charge in [-0.15, -0.1) is 0 Å². The van der Waals surface area contributed by atoms with Crippen molar-refractivity contribution >= 4 is 55.5 Å². The second kappa shape index (κ2) is 39.4. The topological polar surface area (TPSA) is 208 Å². The fraction of sp³-hybridized carbons (Fsp3) is 0.343. The SMILES string of the molecule is C[C@@H]1O[C@@H](O[C@H]2[C@H](O[C@H]3[C@H](O[C@@H]4O[C@@H](C)[C@@H](OC(=O)c5ccccc5)[C@@H](OCc5ccccc5)[C@@H]4OCc4ccccc4)C=CO[C@@H]3CO[Si](c3ccccc3)(c3ccccc3)C(C)(C)C)O[C@H](CO[Si](c3ccccc3)(c3ccccc3)C(C)(C)C)[C@@H]3OC(=O)O[C@@H]32)[C@@H](OCc2ccccc2)[C@H](OCc2ccccc2)[C@@H]1OC(=O)c1ccccc1. The van der Waals surface area contributed by atoms with Gasteiger partial charge in [0.1, 0.15) is 48.8 Å². The minimum absolute atomic E-state index is 0.00457. The van der Waals surface area contributed by atoms with Crippen molar-refractivity contribution in [3.63, 3.8) is 0 Å². The Morgan fingerprint density at radius 1 is 0.339 bits per heavy atom. The molecule has 0 N–H and O–H groups in total. The molecule has 5 aliphatic rings. The molecular formula is C99H106O20Si2. The molecule has 0 spiro atoms. The molecule has 10 aromatic carbocycles. The summed E-state index contributed by atoms with van der Waals surface area (Å²) >= 11 is 0. The van der Waals surface area contributed by atoms with Crippen molar-refractivity contribution in [1.29, 1.82) is 0 Å². The summed E-state index contributed by atoms with van der Waals surface area (Å²) in [5, 5.41) is 2.94. The molecule has 15 rings (SSSR count). The van der Waals surface area contributed by atoms with Crippen LogP contribution in [0, 0.1) is 0 Å². The molecule has 0 bridgehead atoms. The first-order chi connectivity index (χ1) is 58.8. The van der Waals surface area contributed by atoms with E-state index in [0.29, 0.717) is 11.1 Å². The number of rotatable bonds is 32. The summed E-state index contributed by atoms with van der Waals surface area (Å²) in [7, 11) is -6.89. The molecule has 22 heteroatoms. The number of esters is 2. The molecule has 0 saturated carbocycles. The lowest BCUT2D eigenvalue weighted by atomic mass is 9.96. The van der Waals surface area contributed by atoms with Gasteiger partial charge in [-0.1, -0.05) is 321 Å². The second-order valence-corrected chi connectivity index (χ2v) is 41.8. The van der Waals surface area contributed by atoms with Crippen LogP contribution in [0.1, 0.15) is 98.4 Å². The van der Waals surface area contributed by atoms with Crippen LogP contribution in [0.2, 0.25) is 10.1 Å². The molecule has 10 aromatic rings. The van der Waals surface area contributed by atoms with Crippen LogP contribution in [-0.2, 0) is 106 Å². The van der Waals surface area contributed by atoms with E-state index >= 15 is 0 Å². The Morgan fingerprint density at radius 3 is 1.01 bits per heavy atom. The third-order valence-electron chi connectivity index (χ3n) is 23.0. The average Bonchev–Trinajstić information content (AvgIpc) is 1.67. The quantitative estimate of drug-likeness (QED) is 0.0218. The third kappa shape index (κ3) is 19.8. The van der Waals surface area contributed by atoms with Crippen molar-refractivity contribution in [2.75, 3.05) is 13.2 Å². The zero-order valence-electron chi connectivity index (χ0n) is 69.3. The summed E-state index contributed by atoms with van der Waals surface area (Å²) in [5.74, 6) is -1.21. The lowest BCUT2D eigenvalue weighted by Gasteiger charge is -2.50. The molecule has 0 aliphatic carbocycles. The zero-order chi connectivity index (χ0) is 83.9. The van der Waals surface area contributed by atoms with Crippen molar-refractivity contribution in [2.45, 2.75) is 202 Å². The van der Waals surface area contributed by atoms with E-state index < -0.39 is 155 Å². The van der Waals surface area contributed by atoms with Crippen molar-refractivity contribution in [1.82, 2.24) is 0 Å². The van der Waals surface area contributed by atoms with E-state index in [0.717, 1.165) is 43.0 Å². The molecule has 18 atom stereocenters. The van der Waals surface area contributed by atoms with E-state index in [2.05, 4.69) is 90.1 Å². The van der Waals surface area contributed by atoms with Gasteiger partial charge in [0.2, 0.25) is 0 Å². The van der Waals surface area contributed by atoms with Crippen LogP contribution < -0.4 is 20.7 Å². The third-order valence-corrected chi connectivity index (χ3v) is 33.0. The summed E-state index contributed by atoms with van der Waals surface area (Å²) < 4.78 is 122. The Bertz CT molecular complexity index is 4850. The number of carbonyl (C=O) groups is 3. The molecule has 0 aromatic heterocycles. The van der Waals surface area contributed by atoms with Crippen LogP contribution in [-0.4, -0.2) is 158 Å². The molecule has 5 aliphatic heterocycles. The number of hydrogen-bond acceptors (Lipinski definition) is 20. The second-order valence-electron chi connectivity index (χ2n) is 33.1. The van der Waals surface area contributed by atoms with Crippen molar-refractivity contribution in [2.24, 2.45) is 0 Å². The summed E-state index contributed by atoms with van der Waals surface area (Å²) in [6.07, 6.45) is -19.6. The highest BCUT2D eigenvalue weighted by Crippen LogP contribution is 2.44. The normalized spacial score (nSPS) is 26.2. The molecule has 121 heavy (non-hydrogen) atoms. The number of fused-ring (bicyclic) bond motifs is 1. The van der Waals surface area contributed by atoms with Gasteiger partial charge in [0, 0.05) is 0 Å². The van der Waals surface area contributed by atoms with Gasteiger partial charge in [0.05, 0.1) is 69.2 Å². The lowest BCUT2D eigenvalue weighted by Crippen LogP contribution is -2.69. The first-order valence-electron chi connectivity index (χ1n) is 41.6. The van der Waals surface area contributed by atoms with Crippen LogP contribution in [0.15, 0.2) is 316 Å². The van der Waals surface area contributed by atoms with Gasteiger partial charge in [-0.2, -0.15) is 0 Å². The Kier molecular flexibility index (Phi) is 28.0. The molecule has 4 fully saturated rings. The maximum atomic E-state index is 14.7. The van der Waals surface area contributed by atoms with E-state index in [1.165, 1.54) is 0 Å². The van der Waals surface area contributed by atoms with E-state index in [1.807, 2.05) is 213 Å². The molecular weight excluding hydrogens is 1570 g/mol. The van der Waals surface area contributed by atoms with E-state index in [9.17, 15) is 14.4 Å². The highest BCUT2D eigenvalue weighted by Gasteiger charge is 2.62. The standard InChI is InChI=1S/C99H106O20Si2/c1-67-82(114-92(100)73-47-27-13-28-48-73)86(104-61-69-39-19-9-20-40-69)89(106-63-71-43-23-11-24-44-71)94(110-67)112-79-59-60-103-80(65-108-120(98(3,4)5,75-51-31-15-32-52-75)76-53-33-16-34-54-76)84(79)116-96-91(88-85(118-97(102)119-88)81(113-96)66-109-121(99(6,7)8,77-55-35-17-36-56-77)78-57-37-18-38-58-78)117-95-90(107-64-72-45-25-12-26-46-72)87(105-62-70-41-21-10-22-42-70)83(68(2)111-95)115-93(101)74-49-29-14-30-50-74/h9-60,67-68,79-91,94-96H,61-66H2,1-8H3/t67-,68-,79+,80+,81+,82+,83+,84-,85-,86+,87+,88-,89-,90-,91+,94-,95-,96-/m0/s1. The van der Waals surface area contributed by atoms with Gasteiger partial charge in [-0.3, -0.25) is 0 Å². The fourth-order valence-electron chi connectivity index (χ4n) is 17.1. The van der Waals surface area contributed by atoms with Crippen LogP contribution in [0.25, 0.3) is 0 Å². The summed E-state index contributed by atoms with van der Waals surface area (Å²) in [5.41, 5.74) is 3.94. The van der Waals surface area contributed by atoms with Crippen LogP contribution >= 0.6 is 0 Å². The largest absolute Gasteiger partial charge is 0.509 e. The fourth-order valence-corrected chi connectivity index (χ4v) is 26.2. The lowest BCUT2D eigenvalue weighted by molar-refractivity contribution is -0.376. The average molecular weight is 1670 g/mol. The molecule has 20 nitrogen and oxygen atoms in total. The number of hydrogen-bond donors (Lipinski definition) is 0. The van der Waals surface area contributed by atoms with Crippen molar-refractivity contribution in [3.8, 4) is 0 Å². The van der Waals surface area contributed by atoms with Crippen LogP contribution in [0.4, 0.5) is 4.79 Å². The summed E-state index contributed by atoms with van der Waals surface area (Å²) in [4.78, 5) is 43.7. The predicted molar refractivity (Wildman–Crippen MR) is 460 cm³/mol. The highest BCUT2D eigenvalue weighted by molar-refractivity contribution is 7.00. The maximum Gasteiger partial charge on any atom is 0.509 e. The number of carbonyl (C=O) groups excluding carboxylic acids is 3. The van der Waals surface area contributed by atoms with Crippen LogP contribution in [0.5, 0.6) is 0 Å². The minimum Gasteiger partial charge on any atom is -0.493 e.